The van der Waals surface area contributed by atoms with E-state index >= 15 is 0 Å². The van der Waals surface area contributed by atoms with Crippen molar-refractivity contribution in [3.63, 3.8) is 0 Å². The number of hydrogen-bond acceptors (Lipinski definition) is 8. The number of ketones is 1. The van der Waals surface area contributed by atoms with Crippen LogP contribution in [-0.2, 0) is 13.2 Å². The molecule has 9 nitrogen and oxygen atoms in total. The van der Waals surface area contributed by atoms with E-state index in [0.29, 0.717) is 5.56 Å². The number of benzene rings is 4. The molecular formula is C45H32F16N2O7. The van der Waals surface area contributed by atoms with Crippen LogP contribution in [0, 0.1) is 0 Å². The molecule has 6 rings (SSSR count). The zero-order valence-corrected chi connectivity index (χ0v) is 35.2. The first-order valence-electron chi connectivity index (χ1n) is 19.6. The minimum Gasteiger partial charge on any atom is -0.487 e. The van der Waals surface area contributed by atoms with Crippen LogP contribution in [0.3, 0.4) is 0 Å². The van der Waals surface area contributed by atoms with E-state index in [1.165, 1.54) is 25.1 Å². The standard InChI is InChI=1S/C23H17F8NO3.C22H15F8NO4/c1-13(33)19-18(34-11-14-5-3-2-4-6-14)10-15-9-16(7-8-17(15)32-19)35-12-21(26,27)23(30,31)22(28,29)20(24)25;23-19(24)21(27,28)22(29,30)20(25,26)11-35-14-6-7-15-13(8-14)9-16(17(31-15)18(32)33)34-10-12-4-2-1-3-5-12/h2-10,20H,11-12H2,1H3;1-9,19H,10-11H2,(H,32,33). The summed E-state index contributed by atoms with van der Waals surface area (Å²) in [6.07, 6.45) is -10.0. The molecule has 0 unspecified atom stereocenters. The van der Waals surface area contributed by atoms with Crippen LogP contribution in [0.25, 0.3) is 21.8 Å². The smallest absolute Gasteiger partial charge is 0.381 e. The van der Waals surface area contributed by atoms with Crippen LogP contribution in [0.5, 0.6) is 23.0 Å². The van der Waals surface area contributed by atoms with Gasteiger partial charge < -0.3 is 24.1 Å². The van der Waals surface area contributed by atoms with Gasteiger partial charge in [0.2, 0.25) is 0 Å². The van der Waals surface area contributed by atoms with Crippen molar-refractivity contribution in [1.29, 1.82) is 0 Å². The zero-order valence-electron chi connectivity index (χ0n) is 35.2. The summed E-state index contributed by atoms with van der Waals surface area (Å²) in [4.78, 5) is 31.6. The number of aromatic carboxylic acids is 1. The van der Waals surface area contributed by atoms with Gasteiger partial charge in [0.25, 0.3) is 0 Å². The predicted octanol–water partition coefficient (Wildman–Crippen LogP) is 12.6. The van der Waals surface area contributed by atoms with Gasteiger partial charge in [-0.05, 0) is 59.7 Å². The van der Waals surface area contributed by atoms with E-state index in [0.717, 1.165) is 35.9 Å². The van der Waals surface area contributed by atoms with Crippen molar-refractivity contribution < 1.29 is 104 Å². The molecule has 0 saturated carbocycles. The Morgan fingerprint density at radius 2 is 0.871 bits per heavy atom. The number of hydrogen-bond donors (Lipinski definition) is 1. The van der Waals surface area contributed by atoms with Crippen LogP contribution in [-0.4, -0.2) is 88.4 Å². The topological polar surface area (TPSA) is 117 Å². The summed E-state index contributed by atoms with van der Waals surface area (Å²) < 4.78 is 230. The molecule has 0 aliphatic carbocycles. The highest BCUT2D eigenvalue weighted by Crippen LogP contribution is 2.50. The molecule has 0 atom stereocenters. The van der Waals surface area contributed by atoms with Gasteiger partial charge in [-0.3, -0.25) is 4.79 Å². The third-order valence-corrected chi connectivity index (χ3v) is 9.66. The minimum atomic E-state index is -6.40. The van der Waals surface area contributed by atoms with Gasteiger partial charge in [0.15, 0.2) is 30.4 Å². The normalized spacial score (nSPS) is 12.7. The minimum absolute atomic E-state index is 0.0255. The van der Waals surface area contributed by atoms with Crippen molar-refractivity contribution in [1.82, 2.24) is 9.97 Å². The van der Waals surface area contributed by atoms with Crippen molar-refractivity contribution >= 4 is 33.6 Å². The molecule has 2 aromatic heterocycles. The van der Waals surface area contributed by atoms with Crippen LogP contribution in [0.15, 0.2) is 109 Å². The van der Waals surface area contributed by atoms with Crippen molar-refractivity contribution in [3.8, 4) is 23.0 Å². The Bertz CT molecular complexity index is 2600. The monoisotopic (exact) mass is 1020 g/mol. The van der Waals surface area contributed by atoms with Crippen LogP contribution >= 0.6 is 0 Å². The fourth-order valence-corrected chi connectivity index (χ4v) is 5.84. The number of Topliss-reactive ketones (excluding diaryl/α,β-unsaturated/α-hetero) is 1. The molecule has 376 valence electrons. The molecule has 2 heterocycles. The second-order valence-corrected chi connectivity index (χ2v) is 14.8. The van der Waals surface area contributed by atoms with E-state index in [1.54, 1.807) is 60.7 Å². The number of halogens is 16. The molecule has 0 amide bonds. The maximum atomic E-state index is 13.8. The molecular weight excluding hydrogens is 984 g/mol. The SMILES string of the molecule is CC(=O)c1nc2ccc(OCC(F)(F)C(F)(F)C(F)(F)C(F)F)cc2cc1OCc1ccccc1.O=C(O)c1nc2ccc(OCC(F)(F)C(F)(F)C(F)(F)C(F)F)cc2cc1OCc1ccccc1. The number of carboxylic acid groups (broad SMARTS) is 1. The van der Waals surface area contributed by atoms with Crippen molar-refractivity contribution in [3.05, 3.63) is 132 Å². The van der Waals surface area contributed by atoms with Crippen LogP contribution in [0.1, 0.15) is 39.0 Å². The molecule has 0 radical (unpaired) electrons. The Kier molecular flexibility index (Phi) is 16.1. The fourth-order valence-electron chi connectivity index (χ4n) is 5.84. The van der Waals surface area contributed by atoms with E-state index in [-0.39, 0.29) is 52.2 Å². The summed E-state index contributed by atoms with van der Waals surface area (Å²) in [7, 11) is 0. The average molecular weight is 1020 g/mol. The molecule has 0 aliphatic rings. The summed E-state index contributed by atoms with van der Waals surface area (Å²) in [5.41, 5.74) is 1.18. The Morgan fingerprint density at radius 1 is 0.514 bits per heavy atom. The number of carboxylic acids is 1. The van der Waals surface area contributed by atoms with Gasteiger partial charge in [-0.25, -0.2) is 32.3 Å². The third-order valence-electron chi connectivity index (χ3n) is 9.66. The van der Waals surface area contributed by atoms with Crippen LogP contribution in [0.4, 0.5) is 70.2 Å². The Hall–Kier alpha value is -7.08. The van der Waals surface area contributed by atoms with E-state index in [1.807, 2.05) is 0 Å². The van der Waals surface area contributed by atoms with E-state index in [2.05, 4.69) is 19.4 Å². The molecule has 70 heavy (non-hydrogen) atoms. The van der Waals surface area contributed by atoms with Crippen LogP contribution in [0.2, 0.25) is 0 Å². The largest absolute Gasteiger partial charge is 0.487 e. The zero-order chi connectivity index (χ0) is 52.0. The van der Waals surface area contributed by atoms with Crippen LogP contribution < -0.4 is 18.9 Å². The van der Waals surface area contributed by atoms with E-state index in [9.17, 15) is 84.9 Å². The van der Waals surface area contributed by atoms with Gasteiger partial charge in [-0.2, -0.15) is 52.7 Å². The Morgan fingerprint density at radius 3 is 1.21 bits per heavy atom. The average Bonchev–Trinajstić information content (AvgIpc) is 3.31. The molecule has 0 spiro atoms. The molecule has 6 aromatic rings. The molecule has 0 saturated heterocycles. The van der Waals surface area contributed by atoms with Crippen molar-refractivity contribution in [2.24, 2.45) is 0 Å². The highest BCUT2D eigenvalue weighted by atomic mass is 19.4. The first kappa shape index (κ1) is 53.9. The first-order valence-corrected chi connectivity index (χ1v) is 19.6. The Balaban J connectivity index is 0.000000261. The second-order valence-electron chi connectivity index (χ2n) is 14.8. The highest BCUT2D eigenvalue weighted by molar-refractivity contribution is 5.98. The number of pyridine rings is 2. The lowest BCUT2D eigenvalue weighted by Crippen LogP contribution is -2.59. The van der Waals surface area contributed by atoms with Crippen molar-refractivity contribution in [2.75, 3.05) is 13.2 Å². The number of ether oxygens (including phenoxy) is 4. The van der Waals surface area contributed by atoms with Gasteiger partial charge in [0.05, 0.1) is 11.0 Å². The summed E-state index contributed by atoms with van der Waals surface area (Å²) >= 11 is 0. The first-order chi connectivity index (χ1) is 32.5. The highest BCUT2D eigenvalue weighted by Gasteiger charge is 2.76. The molecule has 4 aromatic carbocycles. The molecule has 0 bridgehead atoms. The van der Waals surface area contributed by atoms with Gasteiger partial charge in [0.1, 0.15) is 36.2 Å². The maximum absolute atomic E-state index is 13.8. The summed E-state index contributed by atoms with van der Waals surface area (Å²) in [6.45, 7) is -3.39. The fraction of sp³-hybridized carbons (Fsp3) is 0.289. The Labute approximate surface area is 383 Å². The predicted molar refractivity (Wildman–Crippen MR) is 215 cm³/mol. The van der Waals surface area contributed by atoms with Gasteiger partial charge in [-0.15, -0.1) is 0 Å². The lowest BCUT2D eigenvalue weighted by atomic mass is 10.1. The number of aromatic nitrogens is 2. The number of nitrogens with zero attached hydrogens (tertiary/aromatic N) is 2. The number of carbonyl (C=O) groups excluding carboxylic acids is 1. The molecule has 0 fully saturated rings. The number of fused-ring (bicyclic) bond motifs is 2. The van der Waals surface area contributed by atoms with Crippen molar-refractivity contribution in [2.45, 2.75) is 68.5 Å². The van der Waals surface area contributed by atoms with Gasteiger partial charge >= 0.3 is 54.4 Å². The lowest BCUT2D eigenvalue weighted by molar-refractivity contribution is -0.342. The molecule has 1 N–H and O–H groups in total. The summed E-state index contributed by atoms with van der Waals surface area (Å²) in [5.74, 6) is -39.6. The van der Waals surface area contributed by atoms with Gasteiger partial charge in [-0.1, -0.05) is 60.7 Å². The summed E-state index contributed by atoms with van der Waals surface area (Å²) in [5, 5.41) is 9.65. The molecule has 25 heteroatoms. The second kappa shape index (κ2) is 20.9. The quantitative estimate of drug-likeness (QED) is 0.0589. The number of alkyl halides is 16. The maximum Gasteiger partial charge on any atom is 0.381 e. The van der Waals surface area contributed by atoms with E-state index < -0.39 is 90.5 Å². The van der Waals surface area contributed by atoms with E-state index in [4.69, 9.17) is 9.47 Å². The lowest BCUT2D eigenvalue weighted by Gasteiger charge is -2.32. The summed E-state index contributed by atoms with van der Waals surface area (Å²) in [6, 6.07) is 26.3. The molecule has 0 aliphatic heterocycles. The number of rotatable bonds is 20. The number of carbonyl (C=O) groups is 2. The van der Waals surface area contributed by atoms with Gasteiger partial charge in [0, 0.05) is 17.7 Å². The third kappa shape index (κ3) is 11.7.